The number of amidine groups is 1. The summed E-state index contributed by atoms with van der Waals surface area (Å²) in [7, 11) is -3.19. The Morgan fingerprint density at radius 3 is 2.69 bits per heavy atom. The molecule has 2 aliphatic heterocycles. The van der Waals surface area contributed by atoms with Crippen molar-refractivity contribution in [2.75, 3.05) is 16.4 Å². The molecule has 0 aliphatic carbocycles. The fourth-order valence-electron chi connectivity index (χ4n) is 3.56. The highest BCUT2D eigenvalue weighted by Gasteiger charge is 2.49. The Labute approximate surface area is 177 Å². The maximum absolute atomic E-state index is 14.0. The molecule has 0 saturated carbocycles. The number of thioether (sulfide) groups is 1. The number of halogens is 2. The van der Waals surface area contributed by atoms with Gasteiger partial charge in [-0.15, -0.1) is 0 Å². The number of amides is 1. The van der Waals surface area contributed by atoms with Crippen molar-refractivity contribution in [3.63, 3.8) is 0 Å². The minimum absolute atomic E-state index is 0.0198. The van der Waals surface area contributed by atoms with Crippen molar-refractivity contribution >= 4 is 50.0 Å². The van der Waals surface area contributed by atoms with Crippen LogP contribution in [0, 0.1) is 5.82 Å². The molecule has 0 radical (unpaired) electrons. The summed E-state index contributed by atoms with van der Waals surface area (Å²) in [5.74, 6) is -0.926. The first-order chi connectivity index (χ1) is 13.8. The molecule has 0 bridgehead atoms. The van der Waals surface area contributed by atoms with Crippen LogP contribution in [-0.4, -0.2) is 42.3 Å². The van der Waals surface area contributed by atoms with Crippen LogP contribution in [0.1, 0.15) is 12.0 Å². The molecule has 0 N–H and O–H groups in total. The van der Waals surface area contributed by atoms with E-state index in [9.17, 15) is 17.6 Å². The van der Waals surface area contributed by atoms with Gasteiger partial charge in [0.25, 0.3) is 0 Å². The third-order valence-electron chi connectivity index (χ3n) is 4.94. The summed E-state index contributed by atoms with van der Waals surface area (Å²) in [4.78, 5) is 18.4. The van der Waals surface area contributed by atoms with E-state index in [1.807, 2.05) is 30.3 Å². The first-order valence-corrected chi connectivity index (χ1v) is 12.2. The summed E-state index contributed by atoms with van der Waals surface area (Å²) in [6.45, 7) is 0. The lowest BCUT2D eigenvalue weighted by Gasteiger charge is -2.24. The van der Waals surface area contributed by atoms with Crippen LogP contribution in [0.25, 0.3) is 0 Å². The highest BCUT2D eigenvalue weighted by molar-refractivity contribution is 8.16. The summed E-state index contributed by atoms with van der Waals surface area (Å²) >= 11 is 7.05. The van der Waals surface area contributed by atoms with E-state index in [0.717, 1.165) is 5.56 Å². The van der Waals surface area contributed by atoms with Crippen LogP contribution in [0.15, 0.2) is 53.5 Å². The molecule has 5 nitrogen and oxygen atoms in total. The number of anilines is 1. The zero-order valence-electron chi connectivity index (χ0n) is 15.3. The van der Waals surface area contributed by atoms with Gasteiger partial charge in [0.15, 0.2) is 15.0 Å². The molecule has 2 fully saturated rings. The average molecular weight is 453 g/mol. The Morgan fingerprint density at radius 2 is 1.97 bits per heavy atom. The third-order valence-corrected chi connectivity index (χ3v) is 8.45. The Hall–Kier alpha value is -1.90. The molecule has 2 aliphatic rings. The van der Waals surface area contributed by atoms with Crippen molar-refractivity contribution in [1.29, 1.82) is 0 Å². The second kappa shape index (κ2) is 8.08. The number of sulfone groups is 1. The van der Waals surface area contributed by atoms with Gasteiger partial charge in [-0.25, -0.2) is 12.8 Å². The molecule has 152 valence electrons. The zero-order chi connectivity index (χ0) is 20.6. The van der Waals surface area contributed by atoms with Crippen LogP contribution in [0.3, 0.4) is 0 Å². The molecule has 1 amide bonds. The molecule has 2 heterocycles. The van der Waals surface area contributed by atoms with E-state index in [4.69, 9.17) is 11.6 Å². The quantitative estimate of drug-likeness (QED) is 0.707. The maximum atomic E-state index is 14.0. The van der Waals surface area contributed by atoms with Gasteiger partial charge in [0.1, 0.15) is 5.82 Å². The van der Waals surface area contributed by atoms with E-state index in [0.29, 0.717) is 17.3 Å². The SMILES string of the molecule is O=C(CCc1ccccc1)N=C1S[C@@H]2CS(=O)(=O)C[C@@H]2N1c1ccc(Cl)c(F)c1. The number of fused-ring (bicyclic) bond motifs is 1. The minimum atomic E-state index is -3.19. The number of hydrogen-bond donors (Lipinski definition) is 0. The number of aryl methyl sites for hydroxylation is 1. The molecule has 4 rings (SSSR count). The molecule has 0 aromatic heterocycles. The van der Waals surface area contributed by atoms with Crippen molar-refractivity contribution in [2.45, 2.75) is 24.1 Å². The average Bonchev–Trinajstić information content (AvgIpc) is 3.14. The second-order valence-corrected chi connectivity index (χ2v) is 10.8. The number of rotatable bonds is 4. The lowest BCUT2D eigenvalue weighted by atomic mass is 10.1. The molecule has 2 aromatic carbocycles. The fraction of sp³-hybridized carbons (Fsp3) is 0.300. The zero-order valence-corrected chi connectivity index (χ0v) is 17.7. The lowest BCUT2D eigenvalue weighted by molar-refractivity contribution is -0.117. The molecule has 2 aromatic rings. The number of aliphatic imine (C=N–C) groups is 1. The predicted octanol–water partition coefficient (Wildman–Crippen LogP) is 3.71. The Bertz CT molecular complexity index is 1080. The van der Waals surface area contributed by atoms with E-state index in [-0.39, 0.29) is 40.1 Å². The van der Waals surface area contributed by atoms with Crippen LogP contribution in [-0.2, 0) is 21.1 Å². The summed E-state index contributed by atoms with van der Waals surface area (Å²) < 4.78 is 38.2. The number of carbonyl (C=O) groups excluding carboxylic acids is 1. The molecule has 0 unspecified atom stereocenters. The van der Waals surface area contributed by atoms with Gasteiger partial charge in [0.05, 0.1) is 22.6 Å². The lowest BCUT2D eigenvalue weighted by Crippen LogP contribution is -2.37. The fourth-order valence-corrected chi connectivity index (χ4v) is 7.61. The van der Waals surface area contributed by atoms with Crippen molar-refractivity contribution in [3.8, 4) is 0 Å². The molecule has 2 atom stereocenters. The number of nitrogens with zero attached hydrogens (tertiary/aromatic N) is 2. The van der Waals surface area contributed by atoms with Gasteiger partial charge >= 0.3 is 0 Å². The van der Waals surface area contributed by atoms with Gasteiger partial charge in [0.2, 0.25) is 5.91 Å². The summed E-state index contributed by atoms with van der Waals surface area (Å²) in [6, 6.07) is 13.5. The normalized spacial score (nSPS) is 24.1. The van der Waals surface area contributed by atoms with Crippen molar-refractivity contribution in [1.82, 2.24) is 0 Å². The van der Waals surface area contributed by atoms with E-state index < -0.39 is 15.7 Å². The van der Waals surface area contributed by atoms with Gasteiger partial charge in [0, 0.05) is 17.4 Å². The molecule has 0 spiro atoms. The largest absolute Gasteiger partial charge is 0.315 e. The topological polar surface area (TPSA) is 66.8 Å². The minimum Gasteiger partial charge on any atom is -0.315 e. The summed E-state index contributed by atoms with van der Waals surface area (Å²) in [5.41, 5.74) is 1.48. The predicted molar refractivity (Wildman–Crippen MR) is 115 cm³/mol. The molecule has 9 heteroatoms. The Balaban J connectivity index is 1.59. The summed E-state index contributed by atoms with van der Waals surface area (Å²) in [6.07, 6.45) is 0.808. The third kappa shape index (κ3) is 4.49. The van der Waals surface area contributed by atoms with E-state index in [1.165, 1.54) is 23.9 Å². The second-order valence-electron chi connectivity index (χ2n) is 7.04. The van der Waals surface area contributed by atoms with Crippen molar-refractivity contribution in [3.05, 3.63) is 64.9 Å². The van der Waals surface area contributed by atoms with Crippen LogP contribution in [0.4, 0.5) is 10.1 Å². The van der Waals surface area contributed by atoms with Crippen LogP contribution in [0.2, 0.25) is 5.02 Å². The van der Waals surface area contributed by atoms with Gasteiger partial charge < -0.3 is 4.90 Å². The Kier molecular flexibility index (Phi) is 5.68. The highest BCUT2D eigenvalue weighted by atomic mass is 35.5. The number of carbonyl (C=O) groups is 1. The van der Waals surface area contributed by atoms with Gasteiger partial charge in [-0.05, 0) is 30.2 Å². The Morgan fingerprint density at radius 1 is 1.21 bits per heavy atom. The van der Waals surface area contributed by atoms with Crippen molar-refractivity contribution in [2.24, 2.45) is 4.99 Å². The standard InChI is InChI=1S/C20H18ClFN2O3S2/c21-15-8-7-14(10-16(15)22)24-17-11-29(26,27)12-18(17)28-20(24)23-19(25)9-6-13-4-2-1-3-5-13/h1-5,7-8,10,17-18H,6,9,11-12H2/t17-,18+/m0/s1. The van der Waals surface area contributed by atoms with Gasteiger partial charge in [-0.3, -0.25) is 4.79 Å². The number of hydrogen-bond acceptors (Lipinski definition) is 4. The first-order valence-electron chi connectivity index (χ1n) is 9.09. The smallest absolute Gasteiger partial charge is 0.248 e. The summed E-state index contributed by atoms with van der Waals surface area (Å²) in [5, 5.41) is 0.155. The van der Waals surface area contributed by atoms with Crippen molar-refractivity contribution < 1.29 is 17.6 Å². The number of benzene rings is 2. The van der Waals surface area contributed by atoms with Gasteiger partial charge in [-0.2, -0.15) is 4.99 Å². The van der Waals surface area contributed by atoms with Crippen LogP contribution in [0.5, 0.6) is 0 Å². The van der Waals surface area contributed by atoms with E-state index in [2.05, 4.69) is 4.99 Å². The van der Waals surface area contributed by atoms with E-state index >= 15 is 0 Å². The van der Waals surface area contributed by atoms with Gasteiger partial charge in [-0.1, -0.05) is 53.7 Å². The van der Waals surface area contributed by atoms with E-state index in [1.54, 1.807) is 11.0 Å². The van der Waals surface area contributed by atoms with Crippen LogP contribution >= 0.6 is 23.4 Å². The molecule has 2 saturated heterocycles. The highest BCUT2D eigenvalue weighted by Crippen LogP contribution is 2.41. The van der Waals surface area contributed by atoms with Crippen LogP contribution < -0.4 is 4.90 Å². The monoisotopic (exact) mass is 452 g/mol. The maximum Gasteiger partial charge on any atom is 0.248 e. The molecule has 29 heavy (non-hydrogen) atoms. The molecular weight excluding hydrogens is 435 g/mol. The first kappa shape index (κ1) is 20.4. The molecular formula is C20H18ClFN2O3S2.